The molecule has 1 unspecified atom stereocenters. The van der Waals surface area contributed by atoms with Crippen molar-refractivity contribution in [3.05, 3.63) is 30.4 Å². The molecule has 0 spiro atoms. The molecule has 5 rings (SSSR count). The minimum Gasteiger partial charge on any atom is -0.334 e. The van der Waals surface area contributed by atoms with Crippen LogP contribution in [-0.2, 0) is 10.0 Å². The molecule has 0 amide bonds. The first-order valence-corrected chi connectivity index (χ1v) is 9.83. The third-order valence-corrected chi connectivity index (χ3v) is 6.11. The van der Waals surface area contributed by atoms with Crippen LogP contribution in [0.3, 0.4) is 0 Å². The zero-order chi connectivity index (χ0) is 18.6. The third-order valence-electron chi connectivity index (χ3n) is 4.75. The van der Waals surface area contributed by atoms with Crippen LogP contribution < -0.4 is 10.0 Å². The van der Waals surface area contributed by atoms with Gasteiger partial charge in [0.25, 0.3) is 15.9 Å². The number of aromatic nitrogens is 5. The molecule has 27 heavy (non-hydrogen) atoms. The molecule has 12 heteroatoms. The maximum atomic E-state index is 12.5. The summed E-state index contributed by atoms with van der Waals surface area (Å²) in [5.41, 5.74) is 0.939. The number of fused-ring (bicyclic) bond motifs is 3. The van der Waals surface area contributed by atoms with Crippen LogP contribution in [0.25, 0.3) is 17.1 Å². The van der Waals surface area contributed by atoms with Crippen molar-refractivity contribution >= 4 is 16.0 Å². The molecule has 2 aliphatic heterocycles. The predicted molar refractivity (Wildman–Crippen MR) is 93.7 cm³/mol. The Morgan fingerprint density at radius 3 is 3.07 bits per heavy atom. The van der Waals surface area contributed by atoms with Crippen LogP contribution in [0.2, 0.25) is 0 Å². The summed E-state index contributed by atoms with van der Waals surface area (Å²) in [5, 5.41) is 11.4. The van der Waals surface area contributed by atoms with Gasteiger partial charge in [-0.1, -0.05) is 5.16 Å². The van der Waals surface area contributed by atoms with E-state index in [1.54, 1.807) is 12.1 Å². The number of piperazine rings is 1. The Kier molecular flexibility index (Phi) is 3.54. The van der Waals surface area contributed by atoms with Gasteiger partial charge in [-0.3, -0.25) is 4.90 Å². The van der Waals surface area contributed by atoms with E-state index in [-0.39, 0.29) is 22.8 Å². The van der Waals surface area contributed by atoms with Gasteiger partial charge in [0.1, 0.15) is 11.2 Å². The number of nitrogens with zero attached hydrogens (tertiary/aromatic N) is 6. The van der Waals surface area contributed by atoms with E-state index < -0.39 is 10.0 Å². The van der Waals surface area contributed by atoms with E-state index in [0.717, 1.165) is 19.6 Å². The first-order valence-electron chi connectivity index (χ1n) is 8.35. The minimum absolute atomic E-state index is 0.0111. The summed E-state index contributed by atoms with van der Waals surface area (Å²) in [6.45, 7) is 2.53. The highest BCUT2D eigenvalue weighted by molar-refractivity contribution is 7.93. The number of rotatable bonds is 2. The monoisotopic (exact) mass is 388 g/mol. The summed E-state index contributed by atoms with van der Waals surface area (Å²) in [7, 11) is -1.75. The number of hydrogen-bond donors (Lipinski definition) is 2. The zero-order valence-electron chi connectivity index (χ0n) is 14.3. The van der Waals surface area contributed by atoms with Crippen molar-refractivity contribution in [3.8, 4) is 17.1 Å². The number of hydrogen-bond acceptors (Lipinski definition) is 9. The Morgan fingerprint density at radius 2 is 2.22 bits per heavy atom. The average Bonchev–Trinajstić information content (AvgIpc) is 3.31. The largest absolute Gasteiger partial charge is 0.334 e. The SMILES string of the molecule is CN1CCNCC1c1noc(-c2ccc3c(c2)S(=O)(=O)Nc2ncnn2-3)n1. The quantitative estimate of drug-likeness (QED) is 0.623. The second-order valence-corrected chi connectivity index (χ2v) is 8.09. The number of anilines is 1. The summed E-state index contributed by atoms with van der Waals surface area (Å²) in [5.74, 6) is 0.992. The Labute approximate surface area is 154 Å². The topological polar surface area (TPSA) is 131 Å². The van der Waals surface area contributed by atoms with E-state index in [1.807, 2.05) is 7.05 Å². The van der Waals surface area contributed by atoms with Crippen molar-refractivity contribution < 1.29 is 12.9 Å². The molecule has 2 aliphatic rings. The van der Waals surface area contributed by atoms with Gasteiger partial charge in [-0.15, -0.1) is 0 Å². The van der Waals surface area contributed by atoms with E-state index in [0.29, 0.717) is 17.1 Å². The molecular weight excluding hydrogens is 372 g/mol. The van der Waals surface area contributed by atoms with Gasteiger partial charge in [-0.05, 0) is 25.2 Å². The van der Waals surface area contributed by atoms with Crippen LogP contribution in [0.1, 0.15) is 11.9 Å². The molecule has 1 aromatic carbocycles. The lowest BCUT2D eigenvalue weighted by molar-refractivity contribution is 0.190. The highest BCUT2D eigenvalue weighted by Gasteiger charge is 2.30. The summed E-state index contributed by atoms with van der Waals surface area (Å²) in [4.78, 5) is 10.6. The molecule has 0 saturated carbocycles. The molecule has 11 nitrogen and oxygen atoms in total. The predicted octanol–water partition coefficient (Wildman–Crippen LogP) is 0.00760. The van der Waals surface area contributed by atoms with Crippen LogP contribution in [-0.4, -0.2) is 64.9 Å². The summed E-state index contributed by atoms with van der Waals surface area (Å²) < 4.78 is 34.3. The number of benzene rings is 1. The molecule has 1 fully saturated rings. The van der Waals surface area contributed by atoms with Gasteiger partial charge in [0.15, 0.2) is 5.82 Å². The molecule has 0 bridgehead atoms. The average molecular weight is 388 g/mol. The highest BCUT2D eigenvalue weighted by Crippen LogP contribution is 2.32. The van der Waals surface area contributed by atoms with Crippen LogP contribution in [0.5, 0.6) is 0 Å². The normalized spacial score (nSPS) is 21.3. The lowest BCUT2D eigenvalue weighted by Gasteiger charge is -2.30. The van der Waals surface area contributed by atoms with E-state index in [2.05, 4.69) is 35.2 Å². The maximum absolute atomic E-state index is 12.5. The van der Waals surface area contributed by atoms with Gasteiger partial charge < -0.3 is 9.84 Å². The Morgan fingerprint density at radius 1 is 1.33 bits per heavy atom. The van der Waals surface area contributed by atoms with Crippen molar-refractivity contribution in [3.63, 3.8) is 0 Å². The highest BCUT2D eigenvalue weighted by atomic mass is 32.2. The lowest BCUT2D eigenvalue weighted by atomic mass is 10.2. The van der Waals surface area contributed by atoms with E-state index in [1.165, 1.54) is 17.1 Å². The van der Waals surface area contributed by atoms with Gasteiger partial charge in [0.2, 0.25) is 5.95 Å². The maximum Gasteiger partial charge on any atom is 0.266 e. The molecule has 0 radical (unpaired) electrons. The van der Waals surface area contributed by atoms with Gasteiger partial charge >= 0.3 is 0 Å². The molecule has 2 N–H and O–H groups in total. The molecule has 1 atom stereocenters. The molecular formula is C15H16N8O3S. The van der Waals surface area contributed by atoms with Crippen molar-refractivity contribution in [1.82, 2.24) is 35.1 Å². The third kappa shape index (κ3) is 2.60. The van der Waals surface area contributed by atoms with Crippen molar-refractivity contribution in [1.29, 1.82) is 0 Å². The lowest BCUT2D eigenvalue weighted by Crippen LogP contribution is -2.44. The van der Waals surface area contributed by atoms with Crippen molar-refractivity contribution in [2.75, 3.05) is 31.4 Å². The second-order valence-electron chi connectivity index (χ2n) is 6.44. The minimum atomic E-state index is -3.76. The fraction of sp³-hybridized carbons (Fsp3) is 0.333. The van der Waals surface area contributed by atoms with Crippen LogP contribution >= 0.6 is 0 Å². The number of sulfonamides is 1. The van der Waals surface area contributed by atoms with Crippen molar-refractivity contribution in [2.24, 2.45) is 0 Å². The van der Waals surface area contributed by atoms with Gasteiger partial charge in [-0.25, -0.2) is 13.1 Å². The van der Waals surface area contributed by atoms with Crippen molar-refractivity contribution in [2.45, 2.75) is 10.9 Å². The summed E-state index contributed by atoms with van der Waals surface area (Å²) in [6, 6.07) is 4.89. The second kappa shape index (κ2) is 5.84. The van der Waals surface area contributed by atoms with Gasteiger partial charge in [0.05, 0.1) is 11.7 Å². The van der Waals surface area contributed by atoms with Gasteiger partial charge in [-0.2, -0.15) is 19.7 Å². The molecule has 1 saturated heterocycles. The Balaban J connectivity index is 1.55. The first kappa shape index (κ1) is 16.4. The van der Waals surface area contributed by atoms with Crippen LogP contribution in [0, 0.1) is 0 Å². The zero-order valence-corrected chi connectivity index (χ0v) is 15.1. The molecule has 4 heterocycles. The summed E-state index contributed by atoms with van der Waals surface area (Å²) >= 11 is 0. The van der Waals surface area contributed by atoms with E-state index in [4.69, 9.17) is 4.52 Å². The molecule has 3 aromatic rings. The molecule has 2 aromatic heterocycles. The first-order chi connectivity index (χ1) is 13.0. The van der Waals surface area contributed by atoms with E-state index in [9.17, 15) is 8.42 Å². The number of nitrogens with one attached hydrogen (secondary N) is 2. The molecule has 140 valence electrons. The van der Waals surface area contributed by atoms with E-state index >= 15 is 0 Å². The smallest absolute Gasteiger partial charge is 0.266 e. The fourth-order valence-electron chi connectivity index (χ4n) is 3.28. The fourth-order valence-corrected chi connectivity index (χ4v) is 4.48. The Bertz CT molecular complexity index is 1120. The van der Waals surface area contributed by atoms with Crippen LogP contribution in [0.15, 0.2) is 33.9 Å². The number of likely N-dealkylation sites (N-methyl/N-ethyl adjacent to an activating group) is 1. The van der Waals surface area contributed by atoms with Gasteiger partial charge in [0, 0.05) is 25.2 Å². The summed E-state index contributed by atoms with van der Waals surface area (Å²) in [6.07, 6.45) is 1.29. The standard InChI is InChI=1S/C15H16N8O3S/c1-22-5-4-16-7-11(22)13-19-14(26-20-13)9-2-3-10-12(6-9)27(24,25)21-15-17-8-18-23(10)15/h2-3,6,8,11,16H,4-5,7H2,1H3,(H,17,18,21). The van der Waals surface area contributed by atoms with Crippen LogP contribution in [0.4, 0.5) is 5.95 Å². The molecule has 0 aliphatic carbocycles. The Hall–Kier alpha value is -2.83.